The van der Waals surface area contributed by atoms with Crippen LogP contribution in [0.2, 0.25) is 0 Å². The van der Waals surface area contributed by atoms with Gasteiger partial charge in [0.15, 0.2) is 31.2 Å². The number of sulfone groups is 2. The van der Waals surface area contributed by atoms with Crippen molar-refractivity contribution in [1.29, 1.82) is 0 Å². The molecule has 35 heavy (non-hydrogen) atoms. The topological polar surface area (TPSA) is 143 Å². The van der Waals surface area contributed by atoms with E-state index in [1.807, 2.05) is 19.1 Å². The van der Waals surface area contributed by atoms with Gasteiger partial charge in [0.2, 0.25) is 0 Å². The highest BCUT2D eigenvalue weighted by Gasteiger charge is 2.22. The first kappa shape index (κ1) is 25.9. The molecule has 0 heterocycles. The maximum Gasteiger partial charge on any atom is 0.319 e. The first-order valence-electron chi connectivity index (χ1n) is 10.3. The molecule has 0 saturated carbocycles. The van der Waals surface area contributed by atoms with Crippen LogP contribution in [0, 0.1) is 6.92 Å². The molecule has 0 amide bonds. The van der Waals surface area contributed by atoms with Crippen LogP contribution in [0.3, 0.4) is 0 Å². The molecule has 8 nitrogen and oxygen atoms in total. The first-order valence-corrected chi connectivity index (χ1v) is 13.6. The number of carbonyl (C=O) groups is 2. The molecule has 0 aliphatic carbocycles. The van der Waals surface area contributed by atoms with Gasteiger partial charge in [-0.25, -0.2) is 16.8 Å². The smallest absolute Gasteiger partial charge is 0.319 e. The molecule has 4 rings (SSSR count). The zero-order chi connectivity index (χ0) is 25.8. The van der Waals surface area contributed by atoms with Crippen LogP contribution in [0.5, 0.6) is 0 Å². The summed E-state index contributed by atoms with van der Waals surface area (Å²) in [6, 6.07) is 22.0. The summed E-state index contributed by atoms with van der Waals surface area (Å²) in [6.07, 6.45) is 0. The Morgan fingerprint density at radius 1 is 0.600 bits per heavy atom. The van der Waals surface area contributed by atoms with Crippen molar-refractivity contribution in [2.75, 3.05) is 11.5 Å². The maximum absolute atomic E-state index is 12.0. The molecule has 0 saturated heterocycles. The van der Waals surface area contributed by atoms with Gasteiger partial charge in [-0.1, -0.05) is 66.7 Å². The molecule has 10 heteroatoms. The number of rotatable bonds is 6. The minimum absolute atomic E-state index is 0.0676. The number of aryl methyl sites for hydroxylation is 1. The Morgan fingerprint density at radius 2 is 1.03 bits per heavy atom. The van der Waals surface area contributed by atoms with E-state index in [2.05, 4.69) is 0 Å². The molecule has 0 bridgehead atoms. The van der Waals surface area contributed by atoms with Gasteiger partial charge < -0.3 is 10.2 Å². The summed E-state index contributed by atoms with van der Waals surface area (Å²) in [5.74, 6) is -4.47. The highest BCUT2D eigenvalue weighted by atomic mass is 32.2. The monoisotopic (exact) mass is 514 g/mol. The van der Waals surface area contributed by atoms with E-state index in [1.165, 1.54) is 12.1 Å². The molecule has 182 valence electrons. The molecular weight excluding hydrogens is 492 g/mol. The number of aliphatic carboxylic acids is 2. The molecule has 0 fully saturated rings. The van der Waals surface area contributed by atoms with Gasteiger partial charge in [0.25, 0.3) is 0 Å². The molecule has 4 aromatic carbocycles. The number of hydrogen-bond donors (Lipinski definition) is 2. The van der Waals surface area contributed by atoms with Crippen molar-refractivity contribution in [1.82, 2.24) is 0 Å². The lowest BCUT2D eigenvalue weighted by Crippen LogP contribution is -2.15. The standard InChI is InChI=1S/C13H12O4S.C12H10O4S/c1-9-4-2-6-11-10(9)5-3-7-12(11)18(16,17)8-13(14)15;13-12(14)8-17(15,16)11-7-3-5-9-4-1-2-6-10(9)11/h2-7H,8H2,1H3,(H,14,15);1-7H,8H2,(H,13,14). The lowest BCUT2D eigenvalue weighted by molar-refractivity contribution is -0.135. The Balaban J connectivity index is 0.000000196. The Bertz CT molecular complexity index is 1630. The molecular formula is C25H22O8S2. The maximum atomic E-state index is 12.0. The highest BCUT2D eigenvalue weighted by molar-refractivity contribution is 7.92. The zero-order valence-corrected chi connectivity index (χ0v) is 20.2. The second-order valence-corrected chi connectivity index (χ2v) is 11.6. The van der Waals surface area contributed by atoms with Crippen LogP contribution in [0.4, 0.5) is 0 Å². The normalized spacial score (nSPS) is 11.6. The highest BCUT2D eigenvalue weighted by Crippen LogP contribution is 2.26. The van der Waals surface area contributed by atoms with E-state index >= 15 is 0 Å². The number of hydrogen-bond acceptors (Lipinski definition) is 6. The van der Waals surface area contributed by atoms with Crippen molar-refractivity contribution in [3.05, 3.63) is 84.4 Å². The van der Waals surface area contributed by atoms with E-state index in [0.29, 0.717) is 10.8 Å². The molecule has 2 N–H and O–H groups in total. The van der Waals surface area contributed by atoms with Gasteiger partial charge in [-0.3, -0.25) is 9.59 Å². The minimum atomic E-state index is -3.80. The first-order chi connectivity index (χ1) is 16.4. The Labute approximate surface area is 202 Å². The number of benzene rings is 4. The van der Waals surface area contributed by atoms with Crippen LogP contribution in [0.25, 0.3) is 21.5 Å². The van der Waals surface area contributed by atoms with Crippen molar-refractivity contribution in [3.63, 3.8) is 0 Å². The molecule has 0 radical (unpaired) electrons. The summed E-state index contributed by atoms with van der Waals surface area (Å²) >= 11 is 0. The third-order valence-electron chi connectivity index (χ3n) is 5.15. The van der Waals surface area contributed by atoms with Crippen molar-refractivity contribution >= 4 is 53.2 Å². The Hall–Kier alpha value is -3.76. The zero-order valence-electron chi connectivity index (χ0n) is 18.6. The summed E-state index contributed by atoms with van der Waals surface area (Å²) in [5, 5.41) is 20.0. The lowest BCUT2D eigenvalue weighted by atomic mass is 10.1. The van der Waals surface area contributed by atoms with Crippen LogP contribution >= 0.6 is 0 Å². The summed E-state index contributed by atoms with van der Waals surface area (Å²) in [6.45, 7) is 1.88. The van der Waals surface area contributed by atoms with Crippen LogP contribution in [-0.2, 0) is 29.3 Å². The third-order valence-corrected chi connectivity index (χ3v) is 8.45. The average Bonchev–Trinajstić information content (AvgIpc) is 2.77. The van der Waals surface area contributed by atoms with E-state index in [4.69, 9.17) is 10.2 Å². The fraction of sp³-hybridized carbons (Fsp3) is 0.120. The predicted molar refractivity (Wildman–Crippen MR) is 132 cm³/mol. The van der Waals surface area contributed by atoms with E-state index < -0.39 is 43.1 Å². The number of carboxylic acid groups (broad SMARTS) is 2. The van der Waals surface area contributed by atoms with Crippen LogP contribution in [0.1, 0.15) is 5.56 Å². The Kier molecular flexibility index (Phi) is 7.57. The third kappa shape index (κ3) is 6.03. The molecule has 0 aliphatic rings. The summed E-state index contributed by atoms with van der Waals surface area (Å²) < 4.78 is 47.7. The van der Waals surface area contributed by atoms with Gasteiger partial charge in [0.1, 0.15) is 0 Å². The van der Waals surface area contributed by atoms with Gasteiger partial charge in [0.05, 0.1) is 9.79 Å². The minimum Gasteiger partial charge on any atom is -0.480 e. The van der Waals surface area contributed by atoms with Gasteiger partial charge in [-0.05, 0) is 35.4 Å². The van der Waals surface area contributed by atoms with Crippen molar-refractivity contribution in [2.24, 2.45) is 0 Å². The molecule has 0 aliphatic heterocycles. The van der Waals surface area contributed by atoms with Crippen LogP contribution < -0.4 is 0 Å². The molecule has 4 aromatic rings. The van der Waals surface area contributed by atoms with Crippen LogP contribution in [0.15, 0.2) is 88.7 Å². The van der Waals surface area contributed by atoms with Gasteiger partial charge in [-0.15, -0.1) is 0 Å². The van der Waals surface area contributed by atoms with Crippen molar-refractivity contribution in [3.8, 4) is 0 Å². The summed E-state index contributed by atoms with van der Waals surface area (Å²) in [4.78, 5) is 21.3. The largest absolute Gasteiger partial charge is 0.480 e. The van der Waals surface area contributed by atoms with Gasteiger partial charge in [0, 0.05) is 10.8 Å². The van der Waals surface area contributed by atoms with Gasteiger partial charge >= 0.3 is 11.9 Å². The van der Waals surface area contributed by atoms with Crippen molar-refractivity contribution < 1.29 is 36.6 Å². The molecule has 0 unspecified atom stereocenters. The van der Waals surface area contributed by atoms with E-state index in [-0.39, 0.29) is 9.79 Å². The van der Waals surface area contributed by atoms with E-state index in [1.54, 1.807) is 54.6 Å². The quantitative estimate of drug-likeness (QED) is 0.396. The summed E-state index contributed by atoms with van der Waals surface area (Å²) in [7, 11) is -7.59. The second-order valence-electron chi connectivity index (χ2n) is 7.71. The van der Waals surface area contributed by atoms with Crippen molar-refractivity contribution in [2.45, 2.75) is 16.7 Å². The predicted octanol–water partition coefficient (Wildman–Crippen LogP) is 3.70. The number of carboxylic acids is 2. The summed E-state index contributed by atoms with van der Waals surface area (Å²) in [5.41, 5.74) is 0.958. The molecule has 0 atom stereocenters. The van der Waals surface area contributed by atoms with E-state index in [0.717, 1.165) is 16.3 Å². The van der Waals surface area contributed by atoms with E-state index in [9.17, 15) is 26.4 Å². The average molecular weight is 515 g/mol. The molecule has 0 spiro atoms. The lowest BCUT2D eigenvalue weighted by Gasteiger charge is -2.08. The second kappa shape index (κ2) is 10.2. The van der Waals surface area contributed by atoms with Crippen LogP contribution in [-0.4, -0.2) is 50.5 Å². The van der Waals surface area contributed by atoms with Gasteiger partial charge in [-0.2, -0.15) is 0 Å². The fourth-order valence-corrected chi connectivity index (χ4v) is 6.22. The molecule has 0 aromatic heterocycles. The fourth-order valence-electron chi connectivity index (χ4n) is 3.66. The SMILES string of the molecule is Cc1cccc2c(S(=O)(=O)CC(=O)O)cccc12.O=C(O)CS(=O)(=O)c1cccc2ccccc12. The number of fused-ring (bicyclic) bond motifs is 2. The Morgan fingerprint density at radius 3 is 1.63 bits per heavy atom.